The first-order chi connectivity index (χ1) is 8.67. The van der Waals surface area contributed by atoms with E-state index in [1.807, 2.05) is 12.1 Å². The maximum atomic E-state index is 5.90. The van der Waals surface area contributed by atoms with Crippen molar-refractivity contribution >= 4 is 11.8 Å². The van der Waals surface area contributed by atoms with Gasteiger partial charge in [0.25, 0.3) is 0 Å². The van der Waals surface area contributed by atoms with Gasteiger partial charge in [0, 0.05) is 18.4 Å². The Labute approximate surface area is 105 Å². The highest BCUT2D eigenvalue weighted by molar-refractivity contribution is 5.54. The monoisotopic (exact) mass is 242 g/mol. The summed E-state index contributed by atoms with van der Waals surface area (Å²) in [5, 5.41) is 0. The van der Waals surface area contributed by atoms with Gasteiger partial charge in [-0.1, -0.05) is 6.07 Å². The zero-order chi connectivity index (χ0) is 12.7. The second kappa shape index (κ2) is 3.87. The van der Waals surface area contributed by atoms with Crippen molar-refractivity contribution in [2.45, 2.75) is 12.8 Å². The van der Waals surface area contributed by atoms with Gasteiger partial charge in [-0.15, -0.1) is 0 Å². The highest BCUT2D eigenvalue weighted by Gasteiger charge is 2.20. The Morgan fingerprint density at radius 1 is 1.11 bits per heavy atom. The van der Waals surface area contributed by atoms with Gasteiger partial charge in [0.15, 0.2) is 0 Å². The largest absolute Gasteiger partial charge is 0.497 e. The number of rotatable bonds is 1. The SMILES string of the molecule is COc1ccc2c(c1)Cc1nc(N)nc(N)c1C2. The van der Waals surface area contributed by atoms with Crippen LogP contribution in [0.25, 0.3) is 0 Å². The minimum atomic E-state index is 0.234. The molecular weight excluding hydrogens is 228 g/mol. The molecule has 18 heavy (non-hydrogen) atoms. The summed E-state index contributed by atoms with van der Waals surface area (Å²) in [5.41, 5.74) is 15.9. The van der Waals surface area contributed by atoms with Crippen LogP contribution in [0.2, 0.25) is 0 Å². The molecule has 0 atom stereocenters. The van der Waals surface area contributed by atoms with Gasteiger partial charge in [-0.3, -0.25) is 0 Å². The molecule has 0 saturated heterocycles. The quantitative estimate of drug-likeness (QED) is 0.668. The van der Waals surface area contributed by atoms with Crippen LogP contribution < -0.4 is 16.2 Å². The van der Waals surface area contributed by atoms with E-state index in [0.29, 0.717) is 5.82 Å². The van der Waals surface area contributed by atoms with Crippen LogP contribution in [0.3, 0.4) is 0 Å². The first-order valence-electron chi connectivity index (χ1n) is 5.74. The third-order valence-corrected chi connectivity index (χ3v) is 3.28. The molecule has 2 aromatic rings. The zero-order valence-corrected chi connectivity index (χ0v) is 10.1. The molecule has 1 aromatic heterocycles. The maximum Gasteiger partial charge on any atom is 0.222 e. The van der Waals surface area contributed by atoms with Crippen molar-refractivity contribution in [3.63, 3.8) is 0 Å². The fraction of sp³-hybridized carbons (Fsp3) is 0.231. The summed E-state index contributed by atoms with van der Waals surface area (Å²) in [6.45, 7) is 0. The van der Waals surface area contributed by atoms with Crippen molar-refractivity contribution in [2.75, 3.05) is 18.6 Å². The van der Waals surface area contributed by atoms with Gasteiger partial charge in [0.2, 0.25) is 5.95 Å². The number of nitrogen functional groups attached to an aromatic ring is 2. The molecule has 1 aliphatic rings. The molecule has 0 aliphatic heterocycles. The lowest BCUT2D eigenvalue weighted by molar-refractivity contribution is 0.414. The fourth-order valence-corrected chi connectivity index (χ4v) is 2.35. The number of nitrogens with zero attached hydrogens (tertiary/aromatic N) is 2. The summed E-state index contributed by atoms with van der Waals surface area (Å²) >= 11 is 0. The Balaban J connectivity index is 2.09. The average molecular weight is 242 g/mol. The van der Waals surface area contributed by atoms with Gasteiger partial charge in [0.05, 0.1) is 12.8 Å². The number of hydrogen-bond acceptors (Lipinski definition) is 5. The predicted octanol–water partition coefficient (Wildman–Crippen LogP) is 1.14. The van der Waals surface area contributed by atoms with Gasteiger partial charge in [-0.25, -0.2) is 4.98 Å². The number of methoxy groups -OCH3 is 1. The molecule has 0 spiro atoms. The van der Waals surface area contributed by atoms with Gasteiger partial charge in [-0.05, 0) is 23.3 Å². The number of anilines is 2. The summed E-state index contributed by atoms with van der Waals surface area (Å²) in [6, 6.07) is 6.05. The first kappa shape index (κ1) is 10.8. The van der Waals surface area contributed by atoms with Crippen LogP contribution in [0.1, 0.15) is 22.4 Å². The minimum absolute atomic E-state index is 0.234. The Kier molecular flexibility index (Phi) is 2.33. The van der Waals surface area contributed by atoms with E-state index in [9.17, 15) is 0 Å². The third kappa shape index (κ3) is 1.64. The summed E-state index contributed by atoms with van der Waals surface area (Å²) in [7, 11) is 1.66. The molecule has 1 aromatic carbocycles. The molecule has 5 nitrogen and oxygen atoms in total. The summed E-state index contributed by atoms with van der Waals surface area (Å²) in [5.74, 6) is 1.57. The molecule has 0 unspecified atom stereocenters. The lowest BCUT2D eigenvalue weighted by Gasteiger charge is -2.20. The molecular formula is C13H14N4O. The average Bonchev–Trinajstić information content (AvgIpc) is 2.36. The number of ether oxygens (including phenoxy) is 1. The molecule has 0 bridgehead atoms. The van der Waals surface area contributed by atoms with E-state index in [0.717, 1.165) is 29.8 Å². The maximum absolute atomic E-state index is 5.90. The Hall–Kier alpha value is -2.30. The van der Waals surface area contributed by atoms with E-state index in [2.05, 4.69) is 16.0 Å². The van der Waals surface area contributed by atoms with Gasteiger partial charge >= 0.3 is 0 Å². The molecule has 1 heterocycles. The van der Waals surface area contributed by atoms with Gasteiger partial charge < -0.3 is 16.2 Å². The van der Waals surface area contributed by atoms with Crippen molar-refractivity contribution in [3.8, 4) is 5.75 Å². The molecule has 3 rings (SSSR count). The molecule has 4 N–H and O–H groups in total. The molecule has 0 amide bonds. The minimum Gasteiger partial charge on any atom is -0.497 e. The summed E-state index contributed by atoms with van der Waals surface area (Å²) in [6.07, 6.45) is 1.47. The molecule has 5 heteroatoms. The number of fused-ring (bicyclic) bond motifs is 2. The number of aromatic nitrogens is 2. The molecule has 1 aliphatic carbocycles. The van der Waals surface area contributed by atoms with Crippen molar-refractivity contribution in [2.24, 2.45) is 0 Å². The van der Waals surface area contributed by atoms with Gasteiger partial charge in [-0.2, -0.15) is 4.98 Å². The molecule has 0 saturated carbocycles. The Morgan fingerprint density at radius 3 is 2.72 bits per heavy atom. The lowest BCUT2D eigenvalue weighted by Crippen LogP contribution is -2.15. The Morgan fingerprint density at radius 2 is 1.94 bits per heavy atom. The van der Waals surface area contributed by atoms with Crippen LogP contribution in [0.5, 0.6) is 5.75 Å². The fourth-order valence-electron chi connectivity index (χ4n) is 2.35. The molecule has 92 valence electrons. The van der Waals surface area contributed by atoms with Crippen LogP contribution in [0.4, 0.5) is 11.8 Å². The second-order valence-electron chi connectivity index (χ2n) is 4.38. The smallest absolute Gasteiger partial charge is 0.222 e. The van der Waals surface area contributed by atoms with E-state index in [1.54, 1.807) is 7.11 Å². The standard InChI is InChI=1S/C13H14N4O/c1-18-9-3-2-7-5-10-11(6-8(7)4-9)16-13(15)17-12(10)14/h2-4H,5-6H2,1H3,(H4,14,15,16,17). The zero-order valence-electron chi connectivity index (χ0n) is 10.1. The van der Waals surface area contributed by atoms with Crippen LogP contribution in [-0.2, 0) is 12.8 Å². The number of benzene rings is 1. The van der Waals surface area contributed by atoms with E-state index in [4.69, 9.17) is 16.2 Å². The first-order valence-corrected chi connectivity index (χ1v) is 5.74. The van der Waals surface area contributed by atoms with E-state index in [1.165, 1.54) is 11.1 Å². The van der Waals surface area contributed by atoms with Crippen molar-refractivity contribution in [1.29, 1.82) is 0 Å². The normalized spacial score (nSPS) is 12.7. The van der Waals surface area contributed by atoms with Crippen molar-refractivity contribution in [3.05, 3.63) is 40.6 Å². The predicted molar refractivity (Wildman–Crippen MR) is 69.5 cm³/mol. The van der Waals surface area contributed by atoms with E-state index < -0.39 is 0 Å². The van der Waals surface area contributed by atoms with Crippen LogP contribution in [0, 0.1) is 0 Å². The van der Waals surface area contributed by atoms with Crippen LogP contribution in [0.15, 0.2) is 18.2 Å². The lowest BCUT2D eigenvalue weighted by atomic mass is 9.89. The highest BCUT2D eigenvalue weighted by atomic mass is 16.5. The number of nitrogens with two attached hydrogens (primary N) is 2. The highest BCUT2D eigenvalue weighted by Crippen LogP contribution is 2.31. The van der Waals surface area contributed by atoms with Crippen LogP contribution >= 0.6 is 0 Å². The summed E-state index contributed by atoms with van der Waals surface area (Å²) in [4.78, 5) is 8.29. The van der Waals surface area contributed by atoms with Gasteiger partial charge in [0.1, 0.15) is 11.6 Å². The van der Waals surface area contributed by atoms with Crippen molar-refractivity contribution in [1.82, 2.24) is 9.97 Å². The topological polar surface area (TPSA) is 87.0 Å². The van der Waals surface area contributed by atoms with Crippen molar-refractivity contribution < 1.29 is 4.74 Å². The third-order valence-electron chi connectivity index (χ3n) is 3.28. The Bertz CT molecular complexity index is 625. The second-order valence-corrected chi connectivity index (χ2v) is 4.38. The van der Waals surface area contributed by atoms with Crippen LogP contribution in [-0.4, -0.2) is 17.1 Å². The number of hydrogen-bond donors (Lipinski definition) is 2. The van der Waals surface area contributed by atoms with E-state index in [-0.39, 0.29) is 5.95 Å². The molecule has 0 radical (unpaired) electrons. The summed E-state index contributed by atoms with van der Waals surface area (Å²) < 4.78 is 5.23. The van der Waals surface area contributed by atoms with E-state index >= 15 is 0 Å². The molecule has 0 fully saturated rings.